The monoisotopic (exact) mass is 274 g/mol. The number of carbonyl (C=O) groups excluding carboxylic acids is 1. The lowest BCUT2D eigenvalue weighted by molar-refractivity contribution is 0.102. The van der Waals surface area contributed by atoms with E-state index in [2.05, 4.69) is 24.1 Å². The van der Waals surface area contributed by atoms with Crippen molar-refractivity contribution < 1.29 is 4.79 Å². The summed E-state index contributed by atoms with van der Waals surface area (Å²) in [6.07, 6.45) is 1.82. The number of amides is 1. The van der Waals surface area contributed by atoms with E-state index >= 15 is 0 Å². The lowest BCUT2D eigenvalue weighted by Gasteiger charge is -2.05. The Bertz CT molecular complexity index is 602. The normalized spacial score (nSPS) is 10.8. The Morgan fingerprint density at radius 1 is 1.26 bits per heavy atom. The first-order valence-corrected chi connectivity index (χ1v) is 7.13. The molecular formula is C15H18N2OS. The van der Waals surface area contributed by atoms with E-state index in [-0.39, 0.29) is 5.91 Å². The fourth-order valence-corrected chi connectivity index (χ4v) is 2.48. The van der Waals surface area contributed by atoms with Crippen molar-refractivity contribution in [3.05, 3.63) is 46.0 Å². The molecule has 1 N–H and O–H groups in total. The molecule has 0 spiro atoms. The minimum atomic E-state index is -0.104. The summed E-state index contributed by atoms with van der Waals surface area (Å²) in [5, 5.41) is 3.51. The first-order chi connectivity index (χ1) is 8.97. The van der Waals surface area contributed by atoms with Gasteiger partial charge in [-0.25, -0.2) is 4.98 Å². The maximum Gasteiger partial charge on any atom is 0.257 e. The van der Waals surface area contributed by atoms with Gasteiger partial charge in [0.2, 0.25) is 0 Å². The number of nitrogens with zero attached hydrogens (tertiary/aromatic N) is 1. The number of aromatic nitrogens is 1. The first-order valence-electron chi connectivity index (χ1n) is 6.31. The van der Waals surface area contributed by atoms with Crippen LogP contribution in [0.2, 0.25) is 0 Å². The van der Waals surface area contributed by atoms with Gasteiger partial charge in [-0.15, -0.1) is 11.3 Å². The Hall–Kier alpha value is -1.68. The smallest absolute Gasteiger partial charge is 0.257 e. The second kappa shape index (κ2) is 5.53. The fraction of sp³-hybridized carbons (Fsp3) is 0.333. The maximum absolute atomic E-state index is 12.1. The van der Waals surface area contributed by atoms with Crippen LogP contribution in [0.1, 0.15) is 46.1 Å². The molecule has 3 nitrogen and oxygen atoms in total. The molecule has 4 heteroatoms. The lowest BCUT2D eigenvalue weighted by atomic mass is 10.1. The van der Waals surface area contributed by atoms with E-state index in [9.17, 15) is 4.79 Å². The summed E-state index contributed by atoms with van der Waals surface area (Å²) >= 11 is 1.53. The van der Waals surface area contributed by atoms with Crippen LogP contribution < -0.4 is 5.32 Å². The zero-order valence-electron chi connectivity index (χ0n) is 11.7. The van der Waals surface area contributed by atoms with Crippen LogP contribution in [-0.4, -0.2) is 10.9 Å². The van der Waals surface area contributed by atoms with Gasteiger partial charge in [-0.3, -0.25) is 10.1 Å². The second-order valence-electron chi connectivity index (χ2n) is 4.98. The van der Waals surface area contributed by atoms with Crippen LogP contribution >= 0.6 is 11.3 Å². The number of aryl methyl sites for hydroxylation is 2. The van der Waals surface area contributed by atoms with E-state index in [4.69, 9.17) is 0 Å². The molecule has 1 heterocycles. The molecule has 0 bridgehead atoms. The van der Waals surface area contributed by atoms with Gasteiger partial charge in [0.05, 0.1) is 0 Å². The molecule has 1 aromatic heterocycles. The molecular weight excluding hydrogens is 256 g/mol. The second-order valence-corrected chi connectivity index (χ2v) is 6.04. The molecule has 0 saturated carbocycles. The highest BCUT2D eigenvalue weighted by Crippen LogP contribution is 2.25. The first kappa shape index (κ1) is 13.7. The Morgan fingerprint density at radius 2 is 2.00 bits per heavy atom. The molecule has 19 heavy (non-hydrogen) atoms. The zero-order chi connectivity index (χ0) is 14.0. The molecule has 100 valence electrons. The predicted octanol–water partition coefficient (Wildman–Crippen LogP) is 4.14. The van der Waals surface area contributed by atoms with Gasteiger partial charge in [0.1, 0.15) is 0 Å². The number of anilines is 1. The Labute approximate surface area is 117 Å². The molecule has 0 fully saturated rings. The van der Waals surface area contributed by atoms with Crippen molar-refractivity contribution >= 4 is 22.4 Å². The van der Waals surface area contributed by atoms with Crippen LogP contribution in [-0.2, 0) is 0 Å². The molecule has 1 amide bonds. The number of nitrogens with one attached hydrogen (secondary N) is 1. The van der Waals surface area contributed by atoms with E-state index in [0.717, 1.165) is 5.56 Å². The zero-order valence-corrected chi connectivity index (χ0v) is 12.5. The number of benzene rings is 1. The van der Waals surface area contributed by atoms with Crippen LogP contribution in [0, 0.1) is 13.8 Å². The minimum absolute atomic E-state index is 0.104. The van der Waals surface area contributed by atoms with Crippen molar-refractivity contribution in [1.82, 2.24) is 4.98 Å². The molecule has 0 unspecified atom stereocenters. The van der Waals surface area contributed by atoms with E-state index in [1.54, 1.807) is 0 Å². The van der Waals surface area contributed by atoms with Gasteiger partial charge < -0.3 is 0 Å². The molecule has 0 atom stereocenters. The average Bonchev–Trinajstić information content (AvgIpc) is 2.81. The van der Waals surface area contributed by atoms with Gasteiger partial charge in [-0.1, -0.05) is 19.9 Å². The topological polar surface area (TPSA) is 42.0 Å². The van der Waals surface area contributed by atoms with Gasteiger partial charge in [-0.2, -0.15) is 0 Å². The lowest BCUT2D eigenvalue weighted by Crippen LogP contribution is -2.11. The summed E-state index contributed by atoms with van der Waals surface area (Å²) < 4.78 is 0. The SMILES string of the molecule is Cc1ccc(C(=O)Nc2ncc(C(C)C)s2)cc1C. The molecule has 2 aromatic rings. The average molecular weight is 274 g/mol. The number of hydrogen-bond donors (Lipinski definition) is 1. The van der Waals surface area contributed by atoms with Crippen molar-refractivity contribution in [2.24, 2.45) is 0 Å². The molecule has 1 aromatic carbocycles. The summed E-state index contributed by atoms with van der Waals surface area (Å²) in [4.78, 5) is 17.5. The summed E-state index contributed by atoms with van der Waals surface area (Å²) in [5.41, 5.74) is 2.98. The molecule has 2 rings (SSSR count). The van der Waals surface area contributed by atoms with Gasteiger partial charge in [0, 0.05) is 16.6 Å². The van der Waals surface area contributed by atoms with Crippen LogP contribution in [0.5, 0.6) is 0 Å². The number of carbonyl (C=O) groups is 1. The van der Waals surface area contributed by atoms with Gasteiger partial charge >= 0.3 is 0 Å². The highest BCUT2D eigenvalue weighted by Gasteiger charge is 2.11. The summed E-state index contributed by atoms with van der Waals surface area (Å²) in [6.45, 7) is 8.27. The fourth-order valence-electron chi connectivity index (χ4n) is 1.66. The summed E-state index contributed by atoms with van der Waals surface area (Å²) in [6, 6.07) is 5.71. The Balaban J connectivity index is 2.13. The summed E-state index contributed by atoms with van der Waals surface area (Å²) in [5.74, 6) is 0.331. The molecule has 0 aliphatic carbocycles. The predicted molar refractivity (Wildman–Crippen MR) is 80.1 cm³/mol. The van der Waals surface area contributed by atoms with Gasteiger partial charge in [-0.05, 0) is 43.0 Å². The maximum atomic E-state index is 12.1. The Morgan fingerprint density at radius 3 is 2.58 bits per heavy atom. The van der Waals surface area contributed by atoms with Gasteiger partial charge in [0.25, 0.3) is 5.91 Å². The standard InChI is InChI=1S/C15H18N2OS/c1-9(2)13-8-16-15(19-13)17-14(18)12-6-5-10(3)11(4)7-12/h5-9H,1-4H3,(H,16,17,18). The number of thiazole rings is 1. The number of hydrogen-bond acceptors (Lipinski definition) is 3. The van der Waals surface area contributed by atoms with Crippen LogP contribution in [0.4, 0.5) is 5.13 Å². The summed E-state index contributed by atoms with van der Waals surface area (Å²) in [7, 11) is 0. The Kier molecular flexibility index (Phi) is 4.00. The van der Waals surface area contributed by atoms with E-state index in [0.29, 0.717) is 16.6 Å². The van der Waals surface area contributed by atoms with Crippen molar-refractivity contribution in [2.75, 3.05) is 5.32 Å². The molecule has 0 aliphatic rings. The van der Waals surface area contributed by atoms with Crippen LogP contribution in [0.25, 0.3) is 0 Å². The van der Waals surface area contributed by atoms with E-state index in [1.807, 2.05) is 38.2 Å². The van der Waals surface area contributed by atoms with E-state index < -0.39 is 0 Å². The van der Waals surface area contributed by atoms with Crippen LogP contribution in [0.15, 0.2) is 24.4 Å². The highest BCUT2D eigenvalue weighted by molar-refractivity contribution is 7.15. The van der Waals surface area contributed by atoms with Crippen molar-refractivity contribution in [1.29, 1.82) is 0 Å². The van der Waals surface area contributed by atoms with Crippen molar-refractivity contribution in [3.8, 4) is 0 Å². The third-order valence-corrected chi connectivity index (χ3v) is 4.30. The third-order valence-electron chi connectivity index (χ3n) is 3.08. The van der Waals surface area contributed by atoms with Crippen molar-refractivity contribution in [3.63, 3.8) is 0 Å². The minimum Gasteiger partial charge on any atom is -0.298 e. The quantitative estimate of drug-likeness (QED) is 0.914. The highest BCUT2D eigenvalue weighted by atomic mass is 32.1. The molecule has 0 saturated heterocycles. The van der Waals surface area contributed by atoms with Crippen molar-refractivity contribution in [2.45, 2.75) is 33.6 Å². The largest absolute Gasteiger partial charge is 0.298 e. The number of rotatable bonds is 3. The molecule has 0 aliphatic heterocycles. The van der Waals surface area contributed by atoms with Crippen LogP contribution in [0.3, 0.4) is 0 Å². The van der Waals surface area contributed by atoms with Gasteiger partial charge in [0.15, 0.2) is 5.13 Å². The molecule has 0 radical (unpaired) electrons. The third kappa shape index (κ3) is 3.20. The van der Waals surface area contributed by atoms with E-state index in [1.165, 1.54) is 21.8 Å².